The molecule has 0 fully saturated rings. The van der Waals surface area contributed by atoms with Crippen molar-refractivity contribution in [3.63, 3.8) is 0 Å². The molecule has 0 unspecified atom stereocenters. The molecule has 0 aliphatic rings. The van der Waals surface area contributed by atoms with Gasteiger partial charge < -0.3 is 4.74 Å². The normalized spacial score (nSPS) is 11.9. The van der Waals surface area contributed by atoms with Gasteiger partial charge in [0.05, 0.1) is 12.1 Å². The second-order valence-corrected chi connectivity index (χ2v) is 6.96. The maximum absolute atomic E-state index is 12.6. The molecule has 7 heteroatoms. The minimum Gasteiger partial charge on any atom is -0.495 e. The van der Waals surface area contributed by atoms with Crippen LogP contribution in [0.4, 0.5) is 0 Å². The molecule has 0 spiro atoms. The van der Waals surface area contributed by atoms with Crippen molar-refractivity contribution in [3.05, 3.63) is 22.2 Å². The largest absolute Gasteiger partial charge is 0.495 e. The molecule has 0 aliphatic carbocycles. The van der Waals surface area contributed by atoms with Gasteiger partial charge in [0, 0.05) is 13.1 Å². The number of hydrogen-bond acceptors (Lipinski definition) is 3. The lowest BCUT2D eigenvalue weighted by atomic mass is 10.3. The number of sulfonamides is 1. The van der Waals surface area contributed by atoms with Crippen molar-refractivity contribution >= 4 is 33.2 Å². The lowest BCUT2D eigenvalue weighted by Gasteiger charge is -2.22. The standard InChI is InChI=1S/C13H19Cl2NO3S/c1-4-8-16(9-5-2)20(17,18)11-7-6-10(19-3)12(14)13(11)15/h6-7H,4-5,8-9H2,1-3H3. The molecular formula is C13H19Cl2NO3S. The molecule has 0 aromatic heterocycles. The quantitative estimate of drug-likeness (QED) is 0.758. The summed E-state index contributed by atoms with van der Waals surface area (Å²) in [7, 11) is -2.19. The Balaban J connectivity index is 3.30. The molecule has 0 atom stereocenters. The number of hydrogen-bond donors (Lipinski definition) is 0. The fraction of sp³-hybridized carbons (Fsp3) is 0.538. The second kappa shape index (κ2) is 7.50. The number of ether oxygens (including phenoxy) is 1. The van der Waals surface area contributed by atoms with Crippen LogP contribution in [-0.2, 0) is 10.0 Å². The molecule has 0 saturated carbocycles. The van der Waals surface area contributed by atoms with Crippen LogP contribution in [-0.4, -0.2) is 32.9 Å². The topological polar surface area (TPSA) is 46.6 Å². The molecule has 0 amide bonds. The van der Waals surface area contributed by atoms with Gasteiger partial charge in [0.25, 0.3) is 0 Å². The van der Waals surface area contributed by atoms with Crippen molar-refractivity contribution in [2.75, 3.05) is 20.2 Å². The summed E-state index contributed by atoms with van der Waals surface area (Å²) in [5, 5.41) is 0.117. The minimum absolute atomic E-state index is 0.00298. The van der Waals surface area contributed by atoms with E-state index in [1.54, 1.807) is 0 Å². The van der Waals surface area contributed by atoms with Crippen molar-refractivity contribution in [1.29, 1.82) is 0 Å². The molecule has 0 radical (unpaired) electrons. The average molecular weight is 340 g/mol. The zero-order valence-electron chi connectivity index (χ0n) is 11.8. The van der Waals surface area contributed by atoms with Gasteiger partial charge in [-0.15, -0.1) is 0 Å². The molecule has 0 heterocycles. The Morgan fingerprint density at radius 2 is 1.65 bits per heavy atom. The van der Waals surface area contributed by atoms with Crippen LogP contribution in [0.2, 0.25) is 10.0 Å². The first-order valence-corrected chi connectivity index (χ1v) is 8.61. The first-order chi connectivity index (χ1) is 9.39. The molecule has 0 bridgehead atoms. The Hall–Kier alpha value is -0.490. The second-order valence-electron chi connectivity index (χ2n) is 4.30. The highest BCUT2D eigenvalue weighted by atomic mass is 35.5. The fourth-order valence-electron chi connectivity index (χ4n) is 1.86. The third-order valence-electron chi connectivity index (χ3n) is 2.80. The predicted octanol–water partition coefficient (Wildman–Crippen LogP) is 3.81. The highest BCUT2D eigenvalue weighted by Crippen LogP contribution is 2.37. The summed E-state index contributed by atoms with van der Waals surface area (Å²) in [5.74, 6) is 0.355. The number of nitrogens with zero attached hydrogens (tertiary/aromatic N) is 1. The zero-order valence-corrected chi connectivity index (χ0v) is 14.1. The first kappa shape index (κ1) is 17.6. The van der Waals surface area contributed by atoms with Crippen LogP contribution in [0, 0.1) is 0 Å². The maximum Gasteiger partial charge on any atom is 0.244 e. The van der Waals surface area contributed by atoms with Gasteiger partial charge in [-0.2, -0.15) is 4.31 Å². The van der Waals surface area contributed by atoms with Crippen molar-refractivity contribution in [1.82, 2.24) is 4.31 Å². The SMILES string of the molecule is CCCN(CCC)S(=O)(=O)c1ccc(OC)c(Cl)c1Cl. The summed E-state index contributed by atoms with van der Waals surface area (Å²) in [6.45, 7) is 4.77. The smallest absolute Gasteiger partial charge is 0.244 e. The molecule has 0 saturated heterocycles. The molecule has 1 rings (SSSR count). The van der Waals surface area contributed by atoms with Crippen molar-refractivity contribution in [2.45, 2.75) is 31.6 Å². The van der Waals surface area contributed by atoms with E-state index in [-0.39, 0.29) is 14.9 Å². The number of methoxy groups -OCH3 is 1. The molecule has 1 aromatic carbocycles. The molecule has 20 heavy (non-hydrogen) atoms. The van der Waals surface area contributed by atoms with Gasteiger partial charge in [0.15, 0.2) is 0 Å². The summed E-state index contributed by atoms with van der Waals surface area (Å²) in [5.41, 5.74) is 0. The van der Waals surface area contributed by atoms with E-state index in [0.717, 1.165) is 12.8 Å². The van der Waals surface area contributed by atoms with Crippen LogP contribution in [0.5, 0.6) is 5.75 Å². The summed E-state index contributed by atoms with van der Waals surface area (Å²) >= 11 is 12.1. The van der Waals surface area contributed by atoms with Gasteiger partial charge >= 0.3 is 0 Å². The van der Waals surface area contributed by atoms with E-state index in [9.17, 15) is 8.42 Å². The number of rotatable bonds is 7. The molecule has 0 aliphatic heterocycles. The van der Waals surface area contributed by atoms with Crippen molar-refractivity contribution < 1.29 is 13.2 Å². The Labute approximate surface area is 130 Å². The van der Waals surface area contributed by atoms with Crippen LogP contribution in [0.25, 0.3) is 0 Å². The van der Waals surface area contributed by atoms with E-state index in [1.165, 1.54) is 23.5 Å². The first-order valence-electron chi connectivity index (χ1n) is 6.42. The Kier molecular flexibility index (Phi) is 6.58. The number of halogens is 2. The summed E-state index contributed by atoms with van der Waals surface area (Å²) in [4.78, 5) is 0.0202. The van der Waals surface area contributed by atoms with Crippen LogP contribution in [0.1, 0.15) is 26.7 Å². The highest BCUT2D eigenvalue weighted by Gasteiger charge is 2.27. The molecule has 0 N–H and O–H groups in total. The van der Waals surface area contributed by atoms with Gasteiger partial charge in [0.2, 0.25) is 10.0 Å². The average Bonchev–Trinajstić information content (AvgIpc) is 2.41. The van der Waals surface area contributed by atoms with E-state index >= 15 is 0 Å². The van der Waals surface area contributed by atoms with Gasteiger partial charge in [-0.05, 0) is 25.0 Å². The lowest BCUT2D eigenvalue weighted by molar-refractivity contribution is 0.408. The molecule has 114 valence electrons. The van der Waals surface area contributed by atoms with Gasteiger partial charge in [-0.1, -0.05) is 37.0 Å². The Morgan fingerprint density at radius 3 is 2.10 bits per heavy atom. The minimum atomic E-state index is -3.64. The van der Waals surface area contributed by atoms with Crippen molar-refractivity contribution in [2.24, 2.45) is 0 Å². The van der Waals surface area contributed by atoms with Gasteiger partial charge in [0.1, 0.15) is 15.7 Å². The highest BCUT2D eigenvalue weighted by molar-refractivity contribution is 7.89. The molecule has 1 aromatic rings. The van der Waals surface area contributed by atoms with Crippen LogP contribution >= 0.6 is 23.2 Å². The number of benzene rings is 1. The Morgan fingerprint density at radius 1 is 1.10 bits per heavy atom. The van der Waals surface area contributed by atoms with E-state index in [4.69, 9.17) is 27.9 Å². The Bertz CT molecular complexity index is 555. The van der Waals surface area contributed by atoms with Crippen LogP contribution < -0.4 is 4.74 Å². The van der Waals surface area contributed by atoms with Gasteiger partial charge in [-0.3, -0.25) is 0 Å². The summed E-state index contributed by atoms with van der Waals surface area (Å²) < 4.78 is 31.7. The van der Waals surface area contributed by atoms with Gasteiger partial charge in [-0.25, -0.2) is 8.42 Å². The monoisotopic (exact) mass is 339 g/mol. The van der Waals surface area contributed by atoms with E-state index in [0.29, 0.717) is 18.8 Å². The summed E-state index contributed by atoms with van der Waals surface area (Å²) in [6, 6.07) is 2.94. The molecule has 4 nitrogen and oxygen atoms in total. The lowest BCUT2D eigenvalue weighted by Crippen LogP contribution is -2.32. The summed E-state index contributed by atoms with van der Waals surface area (Å²) in [6.07, 6.45) is 1.47. The van der Waals surface area contributed by atoms with E-state index in [1.807, 2.05) is 13.8 Å². The maximum atomic E-state index is 12.6. The van der Waals surface area contributed by atoms with Crippen LogP contribution in [0.15, 0.2) is 17.0 Å². The zero-order chi connectivity index (χ0) is 15.3. The van der Waals surface area contributed by atoms with E-state index < -0.39 is 10.0 Å². The molecular weight excluding hydrogens is 321 g/mol. The predicted molar refractivity (Wildman–Crippen MR) is 82.4 cm³/mol. The third-order valence-corrected chi connectivity index (χ3v) is 5.71. The fourth-order valence-corrected chi connectivity index (χ4v) is 4.30. The van der Waals surface area contributed by atoms with Crippen LogP contribution in [0.3, 0.4) is 0 Å². The van der Waals surface area contributed by atoms with Crippen molar-refractivity contribution in [3.8, 4) is 5.75 Å². The third kappa shape index (κ3) is 3.58. The van der Waals surface area contributed by atoms with E-state index in [2.05, 4.69) is 0 Å².